The molecular weight excluding hydrogens is 242 g/mol. The molecule has 0 bridgehead atoms. The molecule has 0 aromatic heterocycles. The lowest BCUT2D eigenvalue weighted by molar-refractivity contribution is 0.0269. The Morgan fingerprint density at radius 1 is 1.15 bits per heavy atom. The first-order chi connectivity index (χ1) is 9.82. The Hall–Kier alpha value is -0.820. The second-order valence-electron chi connectivity index (χ2n) is 7.29. The highest BCUT2D eigenvalue weighted by molar-refractivity contribution is 5.42. The number of nitrogens with one attached hydrogen (secondary N) is 1. The molecule has 1 saturated heterocycles. The molecular formula is C19H27N. The standard InChI is InChI=1S/C19H27N/c1-2-6-17-19-11-5-10-18(19,13-14-20-17)16-8-4-3-7-15(16)9-12-19/h3-4,7-8,17,20H,2,5-6,9-14H2,1H3. The molecule has 1 nitrogen and oxygen atoms in total. The van der Waals surface area contributed by atoms with Crippen molar-refractivity contribution in [2.45, 2.75) is 69.7 Å². The van der Waals surface area contributed by atoms with Gasteiger partial charge in [0.2, 0.25) is 0 Å². The van der Waals surface area contributed by atoms with E-state index in [1.165, 1.54) is 57.9 Å². The minimum Gasteiger partial charge on any atom is -0.313 e. The van der Waals surface area contributed by atoms with Crippen molar-refractivity contribution in [3.05, 3.63) is 35.4 Å². The Bertz CT molecular complexity index is 506. The lowest BCUT2D eigenvalue weighted by Gasteiger charge is -2.58. The van der Waals surface area contributed by atoms with Crippen LogP contribution in [-0.2, 0) is 11.8 Å². The highest BCUT2D eigenvalue weighted by atomic mass is 15.0. The van der Waals surface area contributed by atoms with Crippen LogP contribution in [0.2, 0.25) is 0 Å². The van der Waals surface area contributed by atoms with E-state index in [-0.39, 0.29) is 0 Å². The molecule has 0 spiro atoms. The lowest BCUT2D eigenvalue weighted by Crippen LogP contribution is -2.61. The van der Waals surface area contributed by atoms with Crippen molar-refractivity contribution in [1.29, 1.82) is 0 Å². The van der Waals surface area contributed by atoms with Gasteiger partial charge in [0.15, 0.2) is 0 Å². The number of hydrogen-bond donors (Lipinski definition) is 1. The van der Waals surface area contributed by atoms with E-state index in [4.69, 9.17) is 0 Å². The van der Waals surface area contributed by atoms with Crippen LogP contribution in [0.15, 0.2) is 24.3 Å². The van der Waals surface area contributed by atoms with E-state index in [2.05, 4.69) is 36.5 Å². The fraction of sp³-hybridized carbons (Fsp3) is 0.684. The molecule has 20 heavy (non-hydrogen) atoms. The molecule has 2 fully saturated rings. The molecule has 4 rings (SSSR count). The normalized spacial score (nSPS) is 39.0. The van der Waals surface area contributed by atoms with Crippen LogP contribution in [0.5, 0.6) is 0 Å². The van der Waals surface area contributed by atoms with Crippen molar-refractivity contribution in [1.82, 2.24) is 5.32 Å². The fourth-order valence-corrected chi connectivity index (χ4v) is 6.04. The molecule has 2 aliphatic carbocycles. The van der Waals surface area contributed by atoms with Crippen LogP contribution in [0.3, 0.4) is 0 Å². The van der Waals surface area contributed by atoms with Gasteiger partial charge in [-0.1, -0.05) is 44.0 Å². The molecule has 0 amide bonds. The maximum atomic E-state index is 3.91. The third kappa shape index (κ3) is 1.48. The minimum atomic E-state index is 0.507. The highest BCUT2D eigenvalue weighted by Gasteiger charge is 2.61. The van der Waals surface area contributed by atoms with E-state index in [1.807, 2.05) is 0 Å². The van der Waals surface area contributed by atoms with Gasteiger partial charge in [-0.25, -0.2) is 0 Å². The summed E-state index contributed by atoms with van der Waals surface area (Å²) < 4.78 is 0. The van der Waals surface area contributed by atoms with E-state index in [0.29, 0.717) is 10.8 Å². The summed E-state index contributed by atoms with van der Waals surface area (Å²) in [5, 5.41) is 3.91. The largest absolute Gasteiger partial charge is 0.313 e. The molecule has 1 aromatic carbocycles. The molecule has 1 aliphatic heterocycles. The molecule has 3 aliphatic rings. The van der Waals surface area contributed by atoms with Gasteiger partial charge >= 0.3 is 0 Å². The molecule has 1 aromatic rings. The zero-order valence-electron chi connectivity index (χ0n) is 12.8. The van der Waals surface area contributed by atoms with Crippen molar-refractivity contribution in [3.8, 4) is 0 Å². The van der Waals surface area contributed by atoms with Gasteiger partial charge in [0.05, 0.1) is 0 Å². The SMILES string of the molecule is CCCC1NCCC23CCCC12CCc1ccccc13. The average molecular weight is 269 g/mol. The Morgan fingerprint density at radius 3 is 2.95 bits per heavy atom. The Labute approximate surface area is 123 Å². The van der Waals surface area contributed by atoms with Crippen molar-refractivity contribution < 1.29 is 0 Å². The van der Waals surface area contributed by atoms with Crippen LogP contribution in [0, 0.1) is 5.41 Å². The van der Waals surface area contributed by atoms with Crippen LogP contribution in [0.4, 0.5) is 0 Å². The topological polar surface area (TPSA) is 12.0 Å². The van der Waals surface area contributed by atoms with E-state index in [9.17, 15) is 0 Å². The van der Waals surface area contributed by atoms with Crippen LogP contribution in [0.25, 0.3) is 0 Å². The van der Waals surface area contributed by atoms with Gasteiger partial charge in [0.1, 0.15) is 0 Å². The number of benzene rings is 1. The van der Waals surface area contributed by atoms with Crippen LogP contribution >= 0.6 is 0 Å². The number of rotatable bonds is 2. The number of aryl methyl sites for hydroxylation is 1. The number of fused-ring (bicyclic) bond motifs is 1. The molecule has 1 saturated carbocycles. The van der Waals surface area contributed by atoms with Crippen molar-refractivity contribution in [2.24, 2.45) is 5.41 Å². The number of piperidine rings is 1. The van der Waals surface area contributed by atoms with E-state index in [1.54, 1.807) is 11.1 Å². The van der Waals surface area contributed by atoms with Gasteiger partial charge in [-0.3, -0.25) is 0 Å². The molecule has 1 heteroatoms. The maximum Gasteiger partial charge on any atom is 0.0132 e. The first-order valence-electron chi connectivity index (χ1n) is 8.64. The Kier molecular flexibility index (Phi) is 2.96. The van der Waals surface area contributed by atoms with E-state index in [0.717, 1.165) is 6.04 Å². The predicted octanol–water partition coefficient (Wildman–Crippen LogP) is 4.20. The lowest BCUT2D eigenvalue weighted by atomic mass is 9.50. The van der Waals surface area contributed by atoms with Gasteiger partial charge in [0.25, 0.3) is 0 Å². The summed E-state index contributed by atoms with van der Waals surface area (Å²) in [6.07, 6.45) is 11.1. The monoisotopic (exact) mass is 269 g/mol. The molecule has 3 atom stereocenters. The first-order valence-corrected chi connectivity index (χ1v) is 8.64. The summed E-state index contributed by atoms with van der Waals surface area (Å²) in [5.41, 5.74) is 4.45. The highest BCUT2D eigenvalue weighted by Crippen LogP contribution is 2.64. The third-order valence-corrected chi connectivity index (χ3v) is 6.74. The summed E-state index contributed by atoms with van der Waals surface area (Å²) >= 11 is 0. The van der Waals surface area contributed by atoms with Crippen molar-refractivity contribution in [3.63, 3.8) is 0 Å². The second kappa shape index (κ2) is 4.59. The molecule has 1 N–H and O–H groups in total. The smallest absolute Gasteiger partial charge is 0.0132 e. The summed E-state index contributed by atoms with van der Waals surface area (Å²) in [6.45, 7) is 3.57. The quantitative estimate of drug-likeness (QED) is 0.848. The van der Waals surface area contributed by atoms with Gasteiger partial charge in [-0.15, -0.1) is 0 Å². The van der Waals surface area contributed by atoms with E-state index >= 15 is 0 Å². The molecule has 0 radical (unpaired) electrons. The predicted molar refractivity (Wildman–Crippen MR) is 84.0 cm³/mol. The zero-order valence-corrected chi connectivity index (χ0v) is 12.8. The summed E-state index contributed by atoms with van der Waals surface area (Å²) in [7, 11) is 0. The van der Waals surface area contributed by atoms with E-state index < -0.39 is 0 Å². The first kappa shape index (κ1) is 12.9. The molecule has 108 valence electrons. The van der Waals surface area contributed by atoms with Crippen LogP contribution < -0.4 is 5.32 Å². The van der Waals surface area contributed by atoms with Gasteiger partial charge in [0, 0.05) is 11.5 Å². The van der Waals surface area contributed by atoms with Gasteiger partial charge in [-0.2, -0.15) is 0 Å². The zero-order chi connectivity index (χ0) is 13.6. The summed E-state index contributed by atoms with van der Waals surface area (Å²) in [6, 6.07) is 10.1. The third-order valence-electron chi connectivity index (χ3n) is 6.74. The number of hydrogen-bond acceptors (Lipinski definition) is 1. The Balaban J connectivity index is 1.86. The molecule has 1 heterocycles. The summed E-state index contributed by atoms with van der Waals surface area (Å²) in [4.78, 5) is 0. The average Bonchev–Trinajstić information content (AvgIpc) is 2.89. The second-order valence-corrected chi connectivity index (χ2v) is 7.29. The summed E-state index contributed by atoms with van der Waals surface area (Å²) in [5.74, 6) is 0. The minimum absolute atomic E-state index is 0.507. The van der Waals surface area contributed by atoms with Crippen LogP contribution in [-0.4, -0.2) is 12.6 Å². The molecule has 3 unspecified atom stereocenters. The maximum absolute atomic E-state index is 3.91. The van der Waals surface area contributed by atoms with Crippen molar-refractivity contribution >= 4 is 0 Å². The Morgan fingerprint density at radius 2 is 2.05 bits per heavy atom. The van der Waals surface area contributed by atoms with Crippen LogP contribution in [0.1, 0.15) is 63.0 Å². The van der Waals surface area contributed by atoms with Gasteiger partial charge in [-0.05, 0) is 61.6 Å². The van der Waals surface area contributed by atoms with Crippen molar-refractivity contribution in [2.75, 3.05) is 6.54 Å². The fourth-order valence-electron chi connectivity index (χ4n) is 6.04. The van der Waals surface area contributed by atoms with Gasteiger partial charge < -0.3 is 5.32 Å².